The van der Waals surface area contributed by atoms with Crippen molar-refractivity contribution in [1.82, 2.24) is 9.47 Å². The second-order valence-electron chi connectivity index (χ2n) is 6.05. The first-order chi connectivity index (χ1) is 12.1. The first-order valence-electron chi connectivity index (χ1n) is 7.82. The van der Waals surface area contributed by atoms with E-state index in [2.05, 4.69) is 4.85 Å². The lowest BCUT2D eigenvalue weighted by Crippen LogP contribution is -2.39. The maximum absolute atomic E-state index is 12.3. The highest BCUT2D eigenvalue weighted by Crippen LogP contribution is 2.25. The summed E-state index contributed by atoms with van der Waals surface area (Å²) in [5.74, 6) is -1.22. The summed E-state index contributed by atoms with van der Waals surface area (Å²) in [7, 11) is 2.79. The normalized spacial score (nSPS) is 16.8. The van der Waals surface area contributed by atoms with Gasteiger partial charge in [0.05, 0.1) is 6.57 Å². The molecule has 0 atom stereocenters. The van der Waals surface area contributed by atoms with Crippen molar-refractivity contribution in [2.45, 2.75) is 20.8 Å². The summed E-state index contributed by atoms with van der Waals surface area (Å²) in [5, 5.41) is 9.91. The van der Waals surface area contributed by atoms with Gasteiger partial charge in [0.15, 0.2) is 5.88 Å². The van der Waals surface area contributed by atoms with Crippen LogP contribution in [0.1, 0.15) is 23.6 Å². The number of hydrogen-bond acceptors (Lipinski definition) is 4. The molecule has 0 fully saturated rings. The molecule has 7 nitrogen and oxygen atoms in total. The van der Waals surface area contributed by atoms with Crippen LogP contribution in [0.5, 0.6) is 5.88 Å². The summed E-state index contributed by atoms with van der Waals surface area (Å²) in [6.45, 7) is 12.1. The third kappa shape index (κ3) is 2.86. The monoisotopic (exact) mass is 353 g/mol. The van der Waals surface area contributed by atoms with Crippen LogP contribution in [0.3, 0.4) is 0 Å². The van der Waals surface area contributed by atoms with Gasteiger partial charge < -0.3 is 5.11 Å². The predicted molar refractivity (Wildman–Crippen MR) is 97.0 cm³/mol. The zero-order valence-corrected chi connectivity index (χ0v) is 15.2. The van der Waals surface area contributed by atoms with Crippen LogP contribution in [0.25, 0.3) is 10.9 Å². The minimum atomic E-state index is -0.623. The average molecular weight is 353 g/mol. The molecule has 1 aromatic rings. The van der Waals surface area contributed by atoms with E-state index in [-0.39, 0.29) is 22.7 Å². The van der Waals surface area contributed by atoms with Gasteiger partial charge in [-0.15, -0.1) is 0 Å². The lowest BCUT2D eigenvalue weighted by molar-refractivity contribution is -0.138. The molecule has 2 heterocycles. The minimum Gasteiger partial charge on any atom is -0.494 e. The fourth-order valence-corrected chi connectivity index (χ4v) is 2.70. The SMILES string of the molecule is [C-]#[N+]C1=C(C)/C(=C/C=Cc2c(C)c(C)c(O)n(C)c2=O)C(=O)N(C)C1=O. The maximum atomic E-state index is 12.3. The van der Waals surface area contributed by atoms with Crippen LogP contribution in [0.2, 0.25) is 0 Å². The molecule has 1 aliphatic heterocycles. The van der Waals surface area contributed by atoms with Gasteiger partial charge in [-0.25, -0.2) is 4.85 Å². The van der Waals surface area contributed by atoms with Gasteiger partial charge >= 0.3 is 0 Å². The molecule has 2 rings (SSSR count). The standard InChI is InChI=1S/C19H19N3O4/c1-10-11(2)16(23)21(5)17(24)13(10)8-7-9-14-12(3)15(20-4)19(26)22(6)18(14)25/h7-9,23H,1-3,5-6H3/b8-7?,14-9-. The summed E-state index contributed by atoms with van der Waals surface area (Å²) in [4.78, 5) is 40.7. The lowest BCUT2D eigenvalue weighted by atomic mass is 9.98. The second-order valence-corrected chi connectivity index (χ2v) is 6.05. The zero-order valence-electron chi connectivity index (χ0n) is 15.2. The molecule has 26 heavy (non-hydrogen) atoms. The van der Waals surface area contributed by atoms with E-state index in [4.69, 9.17) is 6.57 Å². The fraction of sp³-hybridized carbons (Fsp3) is 0.263. The van der Waals surface area contributed by atoms with E-state index in [0.717, 1.165) is 9.47 Å². The van der Waals surface area contributed by atoms with E-state index in [9.17, 15) is 19.5 Å². The van der Waals surface area contributed by atoms with Crippen LogP contribution in [-0.4, -0.2) is 33.4 Å². The molecule has 0 saturated carbocycles. The van der Waals surface area contributed by atoms with Crippen molar-refractivity contribution in [2.24, 2.45) is 7.05 Å². The zero-order chi connectivity index (χ0) is 19.8. The molecular weight excluding hydrogens is 334 g/mol. The molecule has 0 radical (unpaired) electrons. The number of likely N-dealkylation sites (N-methyl/N-ethyl adjacent to an activating group) is 1. The van der Waals surface area contributed by atoms with Gasteiger partial charge in [-0.2, -0.15) is 0 Å². The Morgan fingerprint density at radius 2 is 1.65 bits per heavy atom. The van der Waals surface area contributed by atoms with Gasteiger partial charge in [-0.05, 0) is 38.0 Å². The van der Waals surface area contributed by atoms with Crippen LogP contribution < -0.4 is 5.56 Å². The molecule has 0 bridgehead atoms. The maximum Gasteiger partial charge on any atom is 0.260 e. The Morgan fingerprint density at radius 3 is 2.23 bits per heavy atom. The van der Waals surface area contributed by atoms with Crippen molar-refractivity contribution in [1.29, 1.82) is 0 Å². The van der Waals surface area contributed by atoms with Crippen LogP contribution in [-0.2, 0) is 16.6 Å². The Kier molecular flexibility index (Phi) is 4.98. The number of nitrogens with zero attached hydrogens (tertiary/aromatic N) is 3. The molecule has 1 aliphatic rings. The molecule has 0 aromatic carbocycles. The molecule has 0 aliphatic carbocycles. The van der Waals surface area contributed by atoms with Crippen LogP contribution >= 0.6 is 0 Å². The highest BCUT2D eigenvalue weighted by Gasteiger charge is 2.32. The number of carbonyl (C=O) groups is 2. The topological polar surface area (TPSA) is 84.0 Å². The Morgan fingerprint density at radius 1 is 1.04 bits per heavy atom. The predicted octanol–water partition coefficient (Wildman–Crippen LogP) is 1.84. The van der Waals surface area contributed by atoms with E-state index in [0.29, 0.717) is 22.3 Å². The van der Waals surface area contributed by atoms with Crippen LogP contribution in [0.15, 0.2) is 33.8 Å². The Hall–Kier alpha value is -3.40. The Bertz CT molecular complexity index is 1020. The summed E-state index contributed by atoms with van der Waals surface area (Å²) in [6.07, 6.45) is 4.56. The largest absolute Gasteiger partial charge is 0.494 e. The number of allylic oxidation sites excluding steroid dienone is 2. The van der Waals surface area contributed by atoms with Gasteiger partial charge in [0.1, 0.15) is 0 Å². The third-order valence-electron chi connectivity index (χ3n) is 4.59. The number of aromatic nitrogens is 1. The third-order valence-corrected chi connectivity index (χ3v) is 4.59. The van der Waals surface area contributed by atoms with Gasteiger partial charge in [0.2, 0.25) is 0 Å². The van der Waals surface area contributed by atoms with Crippen LogP contribution in [0.4, 0.5) is 0 Å². The fourth-order valence-electron chi connectivity index (χ4n) is 2.70. The smallest absolute Gasteiger partial charge is 0.260 e. The van der Waals surface area contributed by atoms with Crippen LogP contribution in [0, 0.1) is 20.4 Å². The molecule has 2 amide bonds. The molecule has 0 unspecified atom stereocenters. The first-order valence-corrected chi connectivity index (χ1v) is 7.82. The Balaban J connectivity index is 2.56. The molecule has 1 N–H and O–H groups in total. The summed E-state index contributed by atoms with van der Waals surface area (Å²) in [5.41, 5.74) is 1.68. The first kappa shape index (κ1) is 18.9. The van der Waals surface area contributed by atoms with Gasteiger partial charge in [0, 0.05) is 30.8 Å². The van der Waals surface area contributed by atoms with Crippen molar-refractivity contribution in [3.05, 3.63) is 67.5 Å². The van der Waals surface area contributed by atoms with Crippen molar-refractivity contribution in [3.63, 3.8) is 0 Å². The highest BCUT2D eigenvalue weighted by molar-refractivity contribution is 6.17. The van der Waals surface area contributed by atoms with Crippen molar-refractivity contribution >= 4 is 17.9 Å². The molecule has 134 valence electrons. The summed E-state index contributed by atoms with van der Waals surface area (Å²) < 4.78 is 1.15. The van der Waals surface area contributed by atoms with E-state index in [1.54, 1.807) is 26.8 Å². The highest BCUT2D eigenvalue weighted by atomic mass is 16.3. The van der Waals surface area contributed by atoms with E-state index >= 15 is 0 Å². The van der Waals surface area contributed by atoms with Gasteiger partial charge in [-0.1, -0.05) is 12.2 Å². The quantitative estimate of drug-likeness (QED) is 0.499. The summed E-state index contributed by atoms with van der Waals surface area (Å²) >= 11 is 0. The minimum absolute atomic E-state index is 0.0916. The summed E-state index contributed by atoms with van der Waals surface area (Å²) in [6, 6.07) is 0. The van der Waals surface area contributed by atoms with Crippen molar-refractivity contribution in [2.75, 3.05) is 7.05 Å². The Labute approximate surface area is 151 Å². The number of carbonyl (C=O) groups excluding carboxylic acids is 2. The molecule has 0 saturated heterocycles. The number of hydrogen-bond donors (Lipinski definition) is 1. The molecule has 0 spiro atoms. The van der Waals surface area contributed by atoms with Crippen molar-refractivity contribution < 1.29 is 14.7 Å². The van der Waals surface area contributed by atoms with E-state index < -0.39 is 11.8 Å². The molecule has 7 heteroatoms. The number of aromatic hydroxyl groups is 1. The average Bonchev–Trinajstić information content (AvgIpc) is 2.62. The van der Waals surface area contributed by atoms with Crippen molar-refractivity contribution in [3.8, 4) is 5.88 Å². The van der Waals surface area contributed by atoms with Gasteiger partial charge in [-0.3, -0.25) is 23.9 Å². The van der Waals surface area contributed by atoms with E-state index in [1.807, 2.05) is 0 Å². The van der Waals surface area contributed by atoms with E-state index in [1.165, 1.54) is 26.2 Å². The molecule has 1 aromatic heterocycles. The molecular formula is C19H19N3O4. The number of amides is 2. The number of imide groups is 1. The number of rotatable bonds is 2. The van der Waals surface area contributed by atoms with Gasteiger partial charge in [0.25, 0.3) is 23.1 Å². The number of pyridine rings is 1. The second kappa shape index (κ2) is 6.84. The lowest BCUT2D eigenvalue weighted by Gasteiger charge is -2.23.